The van der Waals surface area contributed by atoms with Crippen molar-refractivity contribution in [3.05, 3.63) is 29.8 Å². The fraction of sp³-hybridized carbons (Fsp3) is 0.556. The number of likely N-dealkylation sites (N-methyl/N-ethyl adjacent to an activating group) is 1. The van der Waals surface area contributed by atoms with Gasteiger partial charge in [0.25, 0.3) is 0 Å². The van der Waals surface area contributed by atoms with Gasteiger partial charge in [-0.05, 0) is 59.4 Å². The first-order valence-corrected chi connectivity index (χ1v) is 8.17. The van der Waals surface area contributed by atoms with Gasteiger partial charge in [0.1, 0.15) is 5.75 Å². The maximum atomic E-state index is 12.2. The predicted octanol–water partition coefficient (Wildman–Crippen LogP) is 2.53. The molecule has 6 nitrogen and oxygen atoms in total. The first-order valence-electron chi connectivity index (χ1n) is 8.17. The molecule has 3 amide bonds. The van der Waals surface area contributed by atoms with Gasteiger partial charge >= 0.3 is 6.03 Å². The smallest absolute Gasteiger partial charge is 0.321 e. The third-order valence-corrected chi connectivity index (χ3v) is 3.43. The molecule has 0 radical (unpaired) electrons. The number of urea groups is 1. The number of hydrogen-bond acceptors (Lipinski definition) is 4. The van der Waals surface area contributed by atoms with Crippen molar-refractivity contribution in [1.82, 2.24) is 15.5 Å². The predicted molar refractivity (Wildman–Crippen MR) is 95.0 cm³/mol. The van der Waals surface area contributed by atoms with Crippen molar-refractivity contribution in [2.45, 2.75) is 52.7 Å². The topological polar surface area (TPSA) is 70.7 Å². The van der Waals surface area contributed by atoms with Crippen molar-refractivity contribution >= 4 is 11.9 Å². The van der Waals surface area contributed by atoms with Crippen molar-refractivity contribution in [3.63, 3.8) is 0 Å². The Kier molecular flexibility index (Phi) is 7.22. The second-order valence-electron chi connectivity index (χ2n) is 6.86. The summed E-state index contributed by atoms with van der Waals surface area (Å²) in [7, 11) is 1.85. The summed E-state index contributed by atoms with van der Waals surface area (Å²) in [6, 6.07) is 6.86. The number of rotatable bonds is 6. The molecule has 0 saturated heterocycles. The molecule has 24 heavy (non-hydrogen) atoms. The molecule has 134 valence electrons. The monoisotopic (exact) mass is 335 g/mol. The molecule has 0 unspecified atom stereocenters. The number of amides is 3. The van der Waals surface area contributed by atoms with E-state index in [1.807, 2.05) is 63.9 Å². The molecule has 1 aromatic rings. The highest BCUT2D eigenvalue weighted by atomic mass is 16.5. The Bertz CT molecular complexity index is 550. The Morgan fingerprint density at radius 2 is 1.79 bits per heavy atom. The van der Waals surface area contributed by atoms with E-state index in [4.69, 9.17) is 4.74 Å². The molecule has 0 heterocycles. The van der Waals surface area contributed by atoms with Crippen LogP contribution in [0.4, 0.5) is 4.79 Å². The zero-order valence-electron chi connectivity index (χ0n) is 15.5. The first-order chi connectivity index (χ1) is 11.1. The summed E-state index contributed by atoms with van der Waals surface area (Å²) in [5.74, 6) is 0.499. The van der Waals surface area contributed by atoms with E-state index in [2.05, 4.69) is 10.6 Å². The Morgan fingerprint density at radius 3 is 2.29 bits per heavy atom. The molecule has 0 spiro atoms. The number of imide groups is 1. The summed E-state index contributed by atoms with van der Waals surface area (Å²) >= 11 is 0. The fourth-order valence-electron chi connectivity index (χ4n) is 2.07. The maximum Gasteiger partial charge on any atom is 0.321 e. The molecular formula is C18H29N3O3. The third kappa shape index (κ3) is 7.00. The van der Waals surface area contributed by atoms with Gasteiger partial charge in [-0.3, -0.25) is 15.0 Å². The molecule has 0 aliphatic carbocycles. The van der Waals surface area contributed by atoms with Crippen LogP contribution >= 0.6 is 0 Å². The lowest BCUT2D eigenvalue weighted by Gasteiger charge is -2.25. The van der Waals surface area contributed by atoms with Crippen LogP contribution in [0, 0.1) is 0 Å². The summed E-state index contributed by atoms with van der Waals surface area (Å²) < 4.78 is 5.41. The number of ether oxygens (including phenoxy) is 1. The number of benzene rings is 1. The van der Waals surface area contributed by atoms with Crippen molar-refractivity contribution in [2.24, 2.45) is 0 Å². The standard InChI is InChI=1S/C18H29N3O3/c1-7-24-15-10-8-14(9-11-15)12-21(6)13(2)16(22)19-17(23)20-18(3,4)5/h8-11,13H,7,12H2,1-6H3,(H2,19,20,22,23)/t13-/m1/s1. The molecule has 1 rings (SSSR count). The maximum absolute atomic E-state index is 12.2. The highest BCUT2D eigenvalue weighted by Crippen LogP contribution is 2.14. The molecule has 1 aromatic carbocycles. The Hall–Kier alpha value is -2.08. The lowest BCUT2D eigenvalue weighted by Crippen LogP contribution is -2.52. The summed E-state index contributed by atoms with van der Waals surface area (Å²) in [4.78, 5) is 25.8. The number of nitrogens with zero attached hydrogens (tertiary/aromatic N) is 1. The van der Waals surface area contributed by atoms with Gasteiger partial charge in [-0.2, -0.15) is 0 Å². The molecule has 0 aromatic heterocycles. The SMILES string of the molecule is CCOc1ccc(CN(C)[C@H](C)C(=O)NC(=O)NC(C)(C)C)cc1. The van der Waals surface area contributed by atoms with Gasteiger partial charge in [-0.25, -0.2) is 4.79 Å². The second kappa shape index (κ2) is 8.68. The van der Waals surface area contributed by atoms with Gasteiger partial charge in [-0.15, -0.1) is 0 Å². The van der Waals surface area contributed by atoms with Gasteiger partial charge in [0.05, 0.1) is 12.6 Å². The van der Waals surface area contributed by atoms with E-state index in [-0.39, 0.29) is 11.4 Å². The summed E-state index contributed by atoms with van der Waals surface area (Å²) in [6.45, 7) is 10.5. The van der Waals surface area contributed by atoms with Crippen molar-refractivity contribution in [2.75, 3.05) is 13.7 Å². The van der Waals surface area contributed by atoms with Crippen LogP contribution in [0.25, 0.3) is 0 Å². The molecule has 1 atom stereocenters. The molecule has 0 bridgehead atoms. The van der Waals surface area contributed by atoms with Gasteiger partial charge < -0.3 is 10.1 Å². The zero-order valence-corrected chi connectivity index (χ0v) is 15.5. The average molecular weight is 335 g/mol. The van der Waals surface area contributed by atoms with Crippen molar-refractivity contribution in [1.29, 1.82) is 0 Å². The Morgan fingerprint density at radius 1 is 1.21 bits per heavy atom. The van der Waals surface area contributed by atoms with Gasteiger partial charge in [0, 0.05) is 12.1 Å². The van der Waals surface area contributed by atoms with Crippen LogP contribution < -0.4 is 15.4 Å². The summed E-state index contributed by atoms with van der Waals surface area (Å²) in [5.41, 5.74) is 0.682. The molecule has 0 fully saturated rings. The van der Waals surface area contributed by atoms with E-state index in [9.17, 15) is 9.59 Å². The number of nitrogens with one attached hydrogen (secondary N) is 2. The van der Waals surface area contributed by atoms with Crippen molar-refractivity contribution < 1.29 is 14.3 Å². The van der Waals surface area contributed by atoms with Gasteiger partial charge in [0.15, 0.2) is 0 Å². The number of carbonyl (C=O) groups is 2. The average Bonchev–Trinajstić information content (AvgIpc) is 2.46. The molecule has 0 aliphatic rings. The van der Waals surface area contributed by atoms with E-state index in [1.165, 1.54) is 0 Å². The van der Waals surface area contributed by atoms with E-state index < -0.39 is 12.1 Å². The molecule has 0 saturated carbocycles. The van der Waals surface area contributed by atoms with Crippen LogP contribution in [0.5, 0.6) is 5.75 Å². The third-order valence-electron chi connectivity index (χ3n) is 3.43. The molecule has 2 N–H and O–H groups in total. The van der Waals surface area contributed by atoms with Gasteiger partial charge in [0.2, 0.25) is 5.91 Å². The zero-order chi connectivity index (χ0) is 18.3. The Labute approximate surface area is 144 Å². The van der Waals surface area contributed by atoms with Crippen LogP contribution in [0.2, 0.25) is 0 Å². The minimum Gasteiger partial charge on any atom is -0.494 e. The van der Waals surface area contributed by atoms with Crippen molar-refractivity contribution in [3.8, 4) is 5.75 Å². The number of hydrogen-bond donors (Lipinski definition) is 2. The molecule has 0 aliphatic heterocycles. The van der Waals surface area contributed by atoms with E-state index >= 15 is 0 Å². The number of carbonyl (C=O) groups excluding carboxylic acids is 2. The van der Waals surface area contributed by atoms with Crippen LogP contribution in [0.3, 0.4) is 0 Å². The van der Waals surface area contributed by atoms with Crippen LogP contribution in [0.15, 0.2) is 24.3 Å². The lowest BCUT2D eigenvalue weighted by atomic mass is 10.1. The fourth-order valence-corrected chi connectivity index (χ4v) is 2.07. The highest BCUT2D eigenvalue weighted by molar-refractivity contribution is 5.97. The Balaban J connectivity index is 2.55. The van der Waals surface area contributed by atoms with Gasteiger partial charge in [-0.1, -0.05) is 12.1 Å². The highest BCUT2D eigenvalue weighted by Gasteiger charge is 2.22. The van der Waals surface area contributed by atoms with E-state index in [0.29, 0.717) is 13.2 Å². The van der Waals surface area contributed by atoms with Crippen LogP contribution in [0.1, 0.15) is 40.2 Å². The second-order valence-corrected chi connectivity index (χ2v) is 6.86. The minimum atomic E-state index is -0.478. The minimum absolute atomic E-state index is 0.329. The largest absolute Gasteiger partial charge is 0.494 e. The normalized spacial score (nSPS) is 12.6. The lowest BCUT2D eigenvalue weighted by molar-refractivity contribution is -0.124. The van der Waals surface area contributed by atoms with E-state index in [1.54, 1.807) is 6.92 Å². The van der Waals surface area contributed by atoms with Crippen LogP contribution in [-0.4, -0.2) is 42.1 Å². The first kappa shape index (κ1) is 20.0. The van der Waals surface area contributed by atoms with E-state index in [0.717, 1.165) is 11.3 Å². The van der Waals surface area contributed by atoms with Crippen LogP contribution in [-0.2, 0) is 11.3 Å². The summed E-state index contributed by atoms with van der Waals surface area (Å²) in [5, 5.41) is 5.09. The molecule has 6 heteroatoms. The molecular weight excluding hydrogens is 306 g/mol. The quantitative estimate of drug-likeness (QED) is 0.838. The summed E-state index contributed by atoms with van der Waals surface area (Å²) in [6.07, 6.45) is 0.